The third kappa shape index (κ3) is 2.88. The van der Waals surface area contributed by atoms with E-state index < -0.39 is 6.09 Å². The van der Waals surface area contributed by atoms with Crippen LogP contribution in [0.4, 0.5) is 4.79 Å². The number of nitrogens with zero attached hydrogens (tertiary/aromatic N) is 1. The second kappa shape index (κ2) is 4.86. The first-order chi connectivity index (χ1) is 7.17. The number of primary amides is 1. The molecule has 0 atom stereocenters. The highest BCUT2D eigenvalue weighted by Gasteiger charge is 2.08. The smallest absolute Gasteiger partial charge is 0.410 e. The van der Waals surface area contributed by atoms with Crippen molar-refractivity contribution < 1.29 is 14.3 Å². The van der Waals surface area contributed by atoms with Crippen molar-refractivity contribution in [2.75, 3.05) is 7.11 Å². The first kappa shape index (κ1) is 10.9. The van der Waals surface area contributed by atoms with Crippen LogP contribution in [0.1, 0.15) is 5.56 Å². The predicted molar refractivity (Wildman–Crippen MR) is 52.2 cm³/mol. The molecule has 2 N–H and O–H groups in total. The number of methoxy groups -OCH3 is 1. The Morgan fingerprint density at radius 3 is 2.80 bits per heavy atom. The number of carbonyl (C=O) groups is 1. The van der Waals surface area contributed by atoms with E-state index in [1.807, 2.05) is 6.07 Å². The summed E-state index contributed by atoms with van der Waals surface area (Å²) in [5, 5.41) is 8.45. The molecule has 0 fully saturated rings. The molecule has 5 heteroatoms. The van der Waals surface area contributed by atoms with Gasteiger partial charge in [-0.15, -0.1) is 0 Å². The summed E-state index contributed by atoms with van der Waals surface area (Å²) < 4.78 is 9.66. The van der Waals surface area contributed by atoms with E-state index in [2.05, 4.69) is 4.74 Å². The average molecular weight is 205 g/mol. The summed E-state index contributed by atoms with van der Waals surface area (Å²) in [6.45, 7) is 0. The van der Waals surface area contributed by atoms with E-state index in [9.17, 15) is 4.79 Å². The van der Waals surface area contributed by atoms with E-state index in [0.717, 1.165) is 0 Å². The van der Waals surface area contributed by atoms with E-state index in [1.165, 1.54) is 19.6 Å². The van der Waals surface area contributed by atoms with Gasteiger partial charge in [0.1, 0.15) is 0 Å². The van der Waals surface area contributed by atoms with E-state index in [4.69, 9.17) is 15.7 Å². The monoisotopic (exact) mass is 205 g/mol. The first-order valence-corrected chi connectivity index (χ1v) is 4.05. The Morgan fingerprint density at radius 1 is 1.53 bits per heavy atom. The summed E-state index contributed by atoms with van der Waals surface area (Å²) in [7, 11) is 1.43. The molecule has 1 rings (SSSR count). The van der Waals surface area contributed by atoms with Gasteiger partial charge in [-0.3, -0.25) is 0 Å². The van der Waals surface area contributed by atoms with E-state index in [1.54, 1.807) is 12.1 Å². The molecule has 15 heavy (non-hydrogen) atoms. The van der Waals surface area contributed by atoms with E-state index in [0.29, 0.717) is 11.3 Å². The molecule has 1 aromatic carbocycles. The van der Waals surface area contributed by atoms with Gasteiger partial charge < -0.3 is 15.2 Å². The topological polar surface area (TPSA) is 85.3 Å². The van der Waals surface area contributed by atoms with Gasteiger partial charge in [-0.25, -0.2) is 4.79 Å². The molecular formula is C10H9N2O3. The lowest BCUT2D eigenvalue weighted by Crippen LogP contribution is -2.16. The minimum Gasteiger partial charge on any atom is -0.493 e. The second-order valence-electron chi connectivity index (χ2n) is 2.60. The maximum atomic E-state index is 10.5. The molecule has 0 saturated carbocycles. The molecule has 77 valence electrons. The quantitative estimate of drug-likeness (QED) is 0.804. The lowest BCUT2D eigenvalue weighted by atomic mass is 10.1. The highest BCUT2D eigenvalue weighted by molar-refractivity contribution is 5.69. The van der Waals surface area contributed by atoms with Gasteiger partial charge in [-0.1, -0.05) is 6.07 Å². The number of nitriles is 1. The number of amides is 1. The molecule has 0 aromatic heterocycles. The number of hydrogen-bond acceptors (Lipinski definition) is 4. The van der Waals surface area contributed by atoms with Crippen molar-refractivity contribution in [3.05, 3.63) is 30.2 Å². The summed E-state index contributed by atoms with van der Waals surface area (Å²) in [5.41, 5.74) is 5.53. The Morgan fingerprint density at radius 2 is 2.27 bits per heavy atom. The zero-order valence-corrected chi connectivity index (χ0v) is 8.06. The van der Waals surface area contributed by atoms with Crippen LogP contribution in [0.2, 0.25) is 0 Å². The van der Waals surface area contributed by atoms with Crippen LogP contribution < -0.4 is 15.2 Å². The molecule has 1 radical (unpaired) electrons. The van der Waals surface area contributed by atoms with Crippen LogP contribution in [0, 0.1) is 17.8 Å². The Balaban J connectivity index is 2.99. The molecular weight excluding hydrogens is 196 g/mol. The molecule has 0 aliphatic rings. The van der Waals surface area contributed by atoms with Crippen LogP contribution in [0.3, 0.4) is 0 Å². The summed E-state index contributed by atoms with van der Waals surface area (Å²) in [6, 6.07) is 6.58. The molecule has 0 aliphatic carbocycles. The molecule has 1 amide bonds. The van der Waals surface area contributed by atoms with E-state index >= 15 is 0 Å². The van der Waals surface area contributed by atoms with Crippen LogP contribution in [0.5, 0.6) is 11.5 Å². The highest BCUT2D eigenvalue weighted by atomic mass is 16.6. The zero-order valence-electron chi connectivity index (χ0n) is 8.06. The third-order valence-electron chi connectivity index (χ3n) is 1.63. The fraction of sp³-hybridized carbons (Fsp3) is 0.100. The van der Waals surface area contributed by atoms with Crippen LogP contribution in [0.15, 0.2) is 18.2 Å². The van der Waals surface area contributed by atoms with Crippen molar-refractivity contribution in [2.45, 2.75) is 0 Å². The van der Waals surface area contributed by atoms with Gasteiger partial charge in [0.05, 0.1) is 19.6 Å². The fourth-order valence-electron chi connectivity index (χ4n) is 1.04. The van der Waals surface area contributed by atoms with Crippen LogP contribution >= 0.6 is 0 Å². The Labute approximate surface area is 87.0 Å². The summed E-state index contributed by atoms with van der Waals surface area (Å²) in [5.74, 6) is 0.567. The number of carbonyl (C=O) groups excluding carboxylic acids is 1. The van der Waals surface area contributed by atoms with Crippen molar-refractivity contribution >= 4 is 6.09 Å². The molecule has 0 saturated heterocycles. The molecule has 5 nitrogen and oxygen atoms in total. The van der Waals surface area contributed by atoms with Crippen molar-refractivity contribution in [3.8, 4) is 17.6 Å². The van der Waals surface area contributed by atoms with Gasteiger partial charge in [-0.05, 0) is 17.7 Å². The van der Waals surface area contributed by atoms with E-state index in [-0.39, 0.29) is 5.75 Å². The maximum absolute atomic E-state index is 10.5. The Kier molecular flexibility index (Phi) is 3.52. The van der Waals surface area contributed by atoms with Crippen LogP contribution in [-0.4, -0.2) is 13.2 Å². The highest BCUT2D eigenvalue weighted by Crippen LogP contribution is 2.28. The lowest BCUT2D eigenvalue weighted by molar-refractivity contribution is 0.208. The number of nitrogens with two attached hydrogens (primary N) is 1. The lowest BCUT2D eigenvalue weighted by Gasteiger charge is -2.08. The zero-order chi connectivity index (χ0) is 11.3. The summed E-state index contributed by atoms with van der Waals surface area (Å²) in [6.07, 6.45) is 0.432. The van der Waals surface area contributed by atoms with Gasteiger partial charge in [0.25, 0.3) is 0 Å². The van der Waals surface area contributed by atoms with Gasteiger partial charge in [0, 0.05) is 0 Å². The SMILES string of the molecule is COc1cc([CH]C#N)ccc1OC(N)=O. The van der Waals surface area contributed by atoms with Gasteiger partial charge in [0.2, 0.25) is 0 Å². The van der Waals surface area contributed by atoms with Crippen LogP contribution in [0.25, 0.3) is 0 Å². The third-order valence-corrected chi connectivity index (χ3v) is 1.63. The minimum absolute atomic E-state index is 0.222. The maximum Gasteiger partial charge on any atom is 0.410 e. The summed E-state index contributed by atoms with van der Waals surface area (Å²) in [4.78, 5) is 10.5. The van der Waals surface area contributed by atoms with Crippen LogP contribution in [-0.2, 0) is 0 Å². The minimum atomic E-state index is -0.912. The van der Waals surface area contributed by atoms with Crippen molar-refractivity contribution in [1.82, 2.24) is 0 Å². The van der Waals surface area contributed by atoms with Crippen molar-refractivity contribution in [2.24, 2.45) is 5.73 Å². The molecule has 0 spiro atoms. The Hall–Kier alpha value is -2.22. The fourth-order valence-corrected chi connectivity index (χ4v) is 1.04. The molecule has 0 heterocycles. The summed E-state index contributed by atoms with van der Waals surface area (Å²) >= 11 is 0. The first-order valence-electron chi connectivity index (χ1n) is 4.05. The van der Waals surface area contributed by atoms with Gasteiger partial charge in [0.15, 0.2) is 11.5 Å². The average Bonchev–Trinajstić information content (AvgIpc) is 2.20. The normalized spacial score (nSPS) is 9.07. The molecule has 0 bridgehead atoms. The Bertz CT molecular complexity index is 410. The molecule has 0 aliphatic heterocycles. The number of hydrogen-bond donors (Lipinski definition) is 1. The molecule has 0 unspecified atom stereocenters. The van der Waals surface area contributed by atoms with Crippen molar-refractivity contribution in [3.63, 3.8) is 0 Å². The van der Waals surface area contributed by atoms with Gasteiger partial charge >= 0.3 is 6.09 Å². The molecule has 1 aromatic rings. The largest absolute Gasteiger partial charge is 0.493 e. The number of rotatable bonds is 3. The van der Waals surface area contributed by atoms with Gasteiger partial charge in [-0.2, -0.15) is 5.26 Å². The number of ether oxygens (including phenoxy) is 2. The second-order valence-corrected chi connectivity index (χ2v) is 2.60. The predicted octanol–water partition coefficient (Wildman–Crippen LogP) is 1.23. The number of benzene rings is 1. The van der Waals surface area contributed by atoms with Crippen molar-refractivity contribution in [1.29, 1.82) is 5.26 Å². The standard InChI is InChI=1S/C10H9N2O3/c1-14-9-6-7(4-5-11)2-3-8(9)15-10(12)13/h2-4,6H,1H3,(H2,12,13).